The van der Waals surface area contributed by atoms with Crippen LogP contribution < -0.4 is 0 Å². The zero-order valence-corrected chi connectivity index (χ0v) is 25.5. The Morgan fingerprint density at radius 1 is 1.18 bits per heavy atom. The first kappa shape index (κ1) is 29.6. The van der Waals surface area contributed by atoms with Gasteiger partial charge in [-0.05, 0) is 80.6 Å². The molecule has 2 heterocycles. The van der Waals surface area contributed by atoms with Gasteiger partial charge in [-0.3, -0.25) is 0 Å². The summed E-state index contributed by atoms with van der Waals surface area (Å²) in [6, 6.07) is 0. The van der Waals surface area contributed by atoms with Gasteiger partial charge in [0.25, 0.3) is 0 Å². The van der Waals surface area contributed by atoms with Crippen molar-refractivity contribution in [2.75, 3.05) is 20.7 Å². The zero-order valence-electron chi connectivity index (χ0n) is 25.5. The monoisotopic (exact) mass is 559 g/mol. The van der Waals surface area contributed by atoms with Gasteiger partial charge in [-0.15, -0.1) is 0 Å². The number of carbonyl (C=O) groups is 2. The lowest BCUT2D eigenvalue weighted by atomic mass is 9.47. The van der Waals surface area contributed by atoms with Gasteiger partial charge in [0.05, 0.1) is 24.4 Å². The molecule has 0 bridgehead atoms. The summed E-state index contributed by atoms with van der Waals surface area (Å²) in [6.45, 7) is 12.8. The summed E-state index contributed by atoms with van der Waals surface area (Å²) < 4.78 is 18.2. The van der Waals surface area contributed by atoms with Crippen molar-refractivity contribution in [3.05, 3.63) is 23.3 Å². The molecule has 5 aliphatic rings. The Balaban J connectivity index is 1.39. The Hall–Kier alpha value is -1.90. The largest absolute Gasteiger partial charge is 0.458 e. The second-order valence-corrected chi connectivity index (χ2v) is 14.1. The highest BCUT2D eigenvalue weighted by molar-refractivity contribution is 5.90. The fourth-order valence-electron chi connectivity index (χ4n) is 9.91. The van der Waals surface area contributed by atoms with E-state index in [1.807, 2.05) is 19.9 Å². The standard InChI is InChI=1S/C32H49NO7/c1-17-15-25(38-28(36)21(17)16-34)19(3)23-10-9-22-18(2)24(13-14-30(22,23)5)31(6)26(35)11-12-27(32(31)20(4)40-32)39-29(37)33(7)8/h11-12,18-20,22-27,34-35H,9-10,13-16H2,1-8H3/t18-,19-,20+,22-,23+,24-,25+,26?,27-,30-,31-,32-/m0/s1. The highest BCUT2D eigenvalue weighted by Crippen LogP contribution is 2.69. The molecule has 0 aromatic carbocycles. The van der Waals surface area contributed by atoms with Gasteiger partial charge in [-0.2, -0.15) is 0 Å². The number of epoxide rings is 1. The van der Waals surface area contributed by atoms with E-state index >= 15 is 0 Å². The van der Waals surface area contributed by atoms with Gasteiger partial charge in [0.2, 0.25) is 0 Å². The molecule has 8 heteroatoms. The lowest BCUT2D eigenvalue weighted by molar-refractivity contribution is -0.154. The van der Waals surface area contributed by atoms with Crippen LogP contribution in [0, 0.1) is 40.4 Å². The second kappa shape index (κ2) is 10.1. The first-order valence-electron chi connectivity index (χ1n) is 15.2. The fourth-order valence-corrected chi connectivity index (χ4v) is 9.91. The molecular weight excluding hydrogens is 510 g/mol. The predicted octanol–water partition coefficient (Wildman–Crippen LogP) is 4.49. The quantitative estimate of drug-likeness (QED) is 0.290. The number of aliphatic hydroxyl groups is 2. The lowest BCUT2D eigenvalue weighted by Gasteiger charge is -2.57. The third-order valence-electron chi connectivity index (χ3n) is 12.3. The van der Waals surface area contributed by atoms with Crippen molar-refractivity contribution >= 4 is 12.1 Å². The van der Waals surface area contributed by atoms with E-state index in [0.29, 0.717) is 29.7 Å². The molecule has 8 nitrogen and oxygen atoms in total. The maximum Gasteiger partial charge on any atom is 0.409 e. The summed E-state index contributed by atoms with van der Waals surface area (Å²) in [7, 11) is 3.34. The topological polar surface area (TPSA) is 109 Å². The number of cyclic esters (lactones) is 1. The first-order valence-corrected chi connectivity index (χ1v) is 15.2. The molecule has 2 saturated carbocycles. The Morgan fingerprint density at radius 2 is 1.85 bits per heavy atom. The highest BCUT2D eigenvalue weighted by atomic mass is 16.7. The summed E-state index contributed by atoms with van der Waals surface area (Å²) >= 11 is 0. The Labute approximate surface area is 239 Å². The molecule has 3 aliphatic carbocycles. The van der Waals surface area contributed by atoms with E-state index in [1.54, 1.807) is 20.2 Å². The molecule has 40 heavy (non-hydrogen) atoms. The number of esters is 1. The van der Waals surface area contributed by atoms with Crippen molar-refractivity contribution < 1.29 is 34.0 Å². The summed E-state index contributed by atoms with van der Waals surface area (Å²) in [4.78, 5) is 26.6. The Bertz CT molecular complexity index is 1100. The van der Waals surface area contributed by atoms with Crippen molar-refractivity contribution in [3.8, 4) is 0 Å². The van der Waals surface area contributed by atoms with Gasteiger partial charge in [0, 0.05) is 25.9 Å². The average Bonchev–Trinajstić information content (AvgIpc) is 3.44. The van der Waals surface area contributed by atoms with Crippen LogP contribution in [0.4, 0.5) is 4.79 Å². The van der Waals surface area contributed by atoms with Crippen LogP contribution in [0.25, 0.3) is 0 Å². The number of fused-ring (bicyclic) bond motifs is 1. The predicted molar refractivity (Wildman–Crippen MR) is 150 cm³/mol. The summed E-state index contributed by atoms with van der Waals surface area (Å²) in [5, 5.41) is 21.2. The van der Waals surface area contributed by atoms with Crippen LogP contribution >= 0.6 is 0 Å². The van der Waals surface area contributed by atoms with Crippen molar-refractivity contribution in [1.82, 2.24) is 4.90 Å². The third kappa shape index (κ3) is 4.10. The second-order valence-electron chi connectivity index (χ2n) is 14.1. The van der Waals surface area contributed by atoms with E-state index in [0.717, 1.165) is 31.3 Å². The van der Waals surface area contributed by atoms with Crippen LogP contribution in [0.5, 0.6) is 0 Å². The Morgan fingerprint density at radius 3 is 2.42 bits per heavy atom. The Kier molecular flexibility index (Phi) is 7.49. The van der Waals surface area contributed by atoms with Gasteiger partial charge < -0.3 is 29.3 Å². The van der Waals surface area contributed by atoms with Gasteiger partial charge in [-0.1, -0.05) is 39.3 Å². The van der Waals surface area contributed by atoms with E-state index in [1.165, 1.54) is 4.90 Å². The minimum atomic E-state index is -0.755. The first-order chi connectivity index (χ1) is 18.7. The molecule has 2 aliphatic heterocycles. The van der Waals surface area contributed by atoms with Crippen LogP contribution in [0.3, 0.4) is 0 Å². The molecule has 1 saturated heterocycles. The van der Waals surface area contributed by atoms with E-state index in [9.17, 15) is 19.8 Å². The fraction of sp³-hybridized carbons (Fsp3) is 0.812. The van der Waals surface area contributed by atoms with Crippen LogP contribution in [0.15, 0.2) is 23.3 Å². The summed E-state index contributed by atoms with van der Waals surface area (Å²) in [5.74, 6) is 1.24. The van der Waals surface area contributed by atoms with Gasteiger partial charge in [0.1, 0.15) is 11.7 Å². The van der Waals surface area contributed by atoms with E-state index in [4.69, 9.17) is 14.2 Å². The third-order valence-corrected chi connectivity index (χ3v) is 12.3. The van der Waals surface area contributed by atoms with E-state index in [2.05, 4.69) is 27.7 Å². The molecule has 5 rings (SSSR count). The van der Waals surface area contributed by atoms with E-state index in [-0.39, 0.29) is 42.0 Å². The van der Waals surface area contributed by atoms with Gasteiger partial charge in [0.15, 0.2) is 6.10 Å². The number of hydrogen-bond donors (Lipinski definition) is 2. The number of nitrogens with zero attached hydrogens (tertiary/aromatic N) is 1. The molecule has 0 aromatic heterocycles. The molecule has 0 radical (unpaired) electrons. The minimum Gasteiger partial charge on any atom is -0.458 e. The van der Waals surface area contributed by atoms with Crippen molar-refractivity contribution in [2.45, 2.75) is 104 Å². The maximum absolute atomic E-state index is 12.6. The highest BCUT2D eigenvalue weighted by Gasteiger charge is 2.76. The number of ether oxygens (including phenoxy) is 3. The summed E-state index contributed by atoms with van der Waals surface area (Å²) in [5.41, 5.74) is 0.0803. The number of hydrogen-bond acceptors (Lipinski definition) is 7. The van der Waals surface area contributed by atoms with Crippen molar-refractivity contribution in [3.63, 3.8) is 0 Å². The van der Waals surface area contributed by atoms with Crippen LogP contribution in [-0.2, 0) is 19.0 Å². The average molecular weight is 560 g/mol. The molecule has 0 aromatic rings. The van der Waals surface area contributed by atoms with E-state index < -0.39 is 29.3 Å². The number of rotatable bonds is 5. The lowest BCUT2D eigenvalue weighted by Crippen LogP contribution is -2.62. The molecule has 224 valence electrons. The molecule has 1 spiro atoms. The zero-order chi connectivity index (χ0) is 29.4. The molecular formula is C32H49NO7. The van der Waals surface area contributed by atoms with Crippen LogP contribution in [0.1, 0.15) is 73.6 Å². The normalized spacial score (nSPS) is 47.1. The smallest absolute Gasteiger partial charge is 0.409 e. The minimum absolute atomic E-state index is 0.0996. The number of amides is 1. The van der Waals surface area contributed by atoms with Gasteiger partial charge >= 0.3 is 12.1 Å². The van der Waals surface area contributed by atoms with Gasteiger partial charge in [-0.25, -0.2) is 9.59 Å². The SMILES string of the molecule is CC1=C(CO)C(=O)O[C@@H]([C@@H](C)[C@H]2CC[C@H]3[C@H](C)[C@@H]([C@@]4(C)C(O)C=C[C@H](OC(=O)N(C)C)[C@]45O[C@@H]5C)CC[C@]23C)C1. The molecule has 1 amide bonds. The number of aliphatic hydroxyl groups excluding tert-OH is 2. The molecule has 12 atom stereocenters. The van der Waals surface area contributed by atoms with Crippen molar-refractivity contribution in [1.29, 1.82) is 0 Å². The molecule has 3 fully saturated rings. The molecule has 2 N–H and O–H groups in total. The van der Waals surface area contributed by atoms with Crippen LogP contribution in [0.2, 0.25) is 0 Å². The van der Waals surface area contributed by atoms with Crippen molar-refractivity contribution in [2.24, 2.45) is 40.4 Å². The summed E-state index contributed by atoms with van der Waals surface area (Å²) in [6.07, 6.45) is 6.50. The maximum atomic E-state index is 12.6. The van der Waals surface area contributed by atoms with Crippen LogP contribution in [-0.4, -0.2) is 77.9 Å². The number of carbonyl (C=O) groups excluding carboxylic acids is 2. The molecule has 1 unspecified atom stereocenters.